The highest BCUT2D eigenvalue weighted by Gasteiger charge is 2.41. The average molecular weight is 419 g/mol. The van der Waals surface area contributed by atoms with Gasteiger partial charge in [-0.25, -0.2) is 8.42 Å². The molecule has 2 aliphatic rings. The van der Waals surface area contributed by atoms with E-state index >= 15 is 0 Å². The van der Waals surface area contributed by atoms with Gasteiger partial charge in [-0.2, -0.15) is 0 Å². The number of aromatic hydroxyl groups is 2. The van der Waals surface area contributed by atoms with E-state index in [1.54, 1.807) is 18.2 Å². The lowest BCUT2D eigenvalue weighted by Crippen LogP contribution is -2.54. The molecule has 29 heavy (non-hydrogen) atoms. The highest BCUT2D eigenvalue weighted by molar-refractivity contribution is 7.90. The molecular weight excluding hydrogens is 392 g/mol. The Kier molecular flexibility index (Phi) is 5.18. The Bertz CT molecular complexity index is 1010. The standard InChI is InChI=1S/C21H26N2O5S/c1-13-12-23(8-7-22-13)19-11-17-18(9-14(24)10-20(17)25)21(19)28-15-3-5-16(6-4-15)29(2,26)27/h3-6,9-10,13,19,21-22,24-25H,7-8,11-12H2,1-2H3. The largest absolute Gasteiger partial charge is 0.508 e. The number of nitrogens with zero attached hydrogens (tertiary/aromatic N) is 1. The van der Waals surface area contributed by atoms with E-state index < -0.39 is 9.84 Å². The van der Waals surface area contributed by atoms with Gasteiger partial charge in [-0.15, -0.1) is 0 Å². The molecule has 8 heteroatoms. The topological polar surface area (TPSA) is 99.1 Å². The Hall–Kier alpha value is -2.29. The van der Waals surface area contributed by atoms with Crippen LogP contribution >= 0.6 is 0 Å². The fraction of sp³-hybridized carbons (Fsp3) is 0.429. The van der Waals surface area contributed by atoms with Crippen molar-refractivity contribution in [2.45, 2.75) is 36.4 Å². The van der Waals surface area contributed by atoms with Gasteiger partial charge in [-0.3, -0.25) is 4.90 Å². The first-order valence-electron chi connectivity index (χ1n) is 9.71. The quantitative estimate of drug-likeness (QED) is 0.697. The minimum atomic E-state index is -3.28. The molecule has 0 amide bonds. The fourth-order valence-electron chi connectivity index (χ4n) is 4.30. The monoisotopic (exact) mass is 418 g/mol. The lowest BCUT2D eigenvalue weighted by Gasteiger charge is -2.38. The first-order chi connectivity index (χ1) is 13.7. The lowest BCUT2D eigenvalue weighted by atomic mass is 10.1. The zero-order valence-electron chi connectivity index (χ0n) is 16.5. The number of nitrogens with one attached hydrogen (secondary N) is 1. The molecule has 7 nitrogen and oxygen atoms in total. The summed E-state index contributed by atoms with van der Waals surface area (Å²) in [4.78, 5) is 2.59. The van der Waals surface area contributed by atoms with Crippen molar-refractivity contribution in [3.63, 3.8) is 0 Å². The lowest BCUT2D eigenvalue weighted by molar-refractivity contribution is 0.0594. The molecule has 1 aliphatic heterocycles. The number of phenols is 2. The number of piperazine rings is 1. The summed E-state index contributed by atoms with van der Waals surface area (Å²) in [6.45, 7) is 4.74. The van der Waals surface area contributed by atoms with Crippen LogP contribution in [0.1, 0.15) is 24.2 Å². The van der Waals surface area contributed by atoms with Gasteiger partial charge in [-0.1, -0.05) is 0 Å². The first-order valence-corrected chi connectivity index (χ1v) is 11.6. The van der Waals surface area contributed by atoms with Crippen molar-refractivity contribution in [3.05, 3.63) is 47.5 Å². The predicted octanol–water partition coefficient (Wildman–Crippen LogP) is 1.84. The molecule has 1 fully saturated rings. The van der Waals surface area contributed by atoms with Gasteiger partial charge in [0.25, 0.3) is 0 Å². The number of sulfone groups is 1. The molecule has 1 aliphatic carbocycles. The predicted molar refractivity (Wildman–Crippen MR) is 109 cm³/mol. The summed E-state index contributed by atoms with van der Waals surface area (Å²) in [6, 6.07) is 9.73. The minimum Gasteiger partial charge on any atom is -0.508 e. The van der Waals surface area contributed by atoms with Gasteiger partial charge >= 0.3 is 0 Å². The second kappa shape index (κ2) is 7.51. The van der Waals surface area contributed by atoms with E-state index in [0.717, 1.165) is 30.8 Å². The van der Waals surface area contributed by atoms with Crippen LogP contribution in [0, 0.1) is 0 Å². The summed E-state index contributed by atoms with van der Waals surface area (Å²) in [7, 11) is -3.28. The number of rotatable bonds is 4. The molecule has 0 bridgehead atoms. The van der Waals surface area contributed by atoms with Gasteiger partial charge < -0.3 is 20.3 Å². The maximum Gasteiger partial charge on any atom is 0.175 e. The van der Waals surface area contributed by atoms with Crippen molar-refractivity contribution in [1.29, 1.82) is 0 Å². The van der Waals surface area contributed by atoms with Crippen LogP contribution in [-0.2, 0) is 16.3 Å². The van der Waals surface area contributed by atoms with Crippen molar-refractivity contribution in [2.24, 2.45) is 0 Å². The van der Waals surface area contributed by atoms with Gasteiger partial charge in [-0.05, 0) is 43.7 Å². The van der Waals surface area contributed by atoms with E-state index in [9.17, 15) is 18.6 Å². The number of benzene rings is 2. The number of hydrogen-bond donors (Lipinski definition) is 3. The number of phenolic OH excluding ortho intramolecular Hbond substituents is 2. The van der Waals surface area contributed by atoms with Crippen LogP contribution in [0.2, 0.25) is 0 Å². The second-order valence-electron chi connectivity index (χ2n) is 7.94. The van der Waals surface area contributed by atoms with E-state index in [-0.39, 0.29) is 28.5 Å². The van der Waals surface area contributed by atoms with Gasteiger partial charge in [0.2, 0.25) is 0 Å². The van der Waals surface area contributed by atoms with Gasteiger partial charge in [0.1, 0.15) is 23.4 Å². The van der Waals surface area contributed by atoms with Crippen molar-refractivity contribution in [1.82, 2.24) is 10.2 Å². The SMILES string of the molecule is CC1CN(C2Cc3c(O)cc(O)cc3C2Oc2ccc(S(C)(=O)=O)cc2)CCN1. The first kappa shape index (κ1) is 20.0. The van der Waals surface area contributed by atoms with Crippen LogP contribution in [0.25, 0.3) is 0 Å². The fourth-order valence-corrected chi connectivity index (χ4v) is 4.93. The van der Waals surface area contributed by atoms with Crippen molar-refractivity contribution < 1.29 is 23.4 Å². The Morgan fingerprint density at radius 1 is 1.17 bits per heavy atom. The Morgan fingerprint density at radius 2 is 1.90 bits per heavy atom. The smallest absolute Gasteiger partial charge is 0.175 e. The van der Waals surface area contributed by atoms with E-state index in [2.05, 4.69) is 17.1 Å². The number of fused-ring (bicyclic) bond motifs is 1. The van der Waals surface area contributed by atoms with Crippen LogP contribution in [0.5, 0.6) is 17.2 Å². The van der Waals surface area contributed by atoms with Crippen LogP contribution in [0.3, 0.4) is 0 Å². The Morgan fingerprint density at radius 3 is 2.55 bits per heavy atom. The number of hydrogen-bond acceptors (Lipinski definition) is 7. The molecule has 3 unspecified atom stereocenters. The molecule has 0 saturated carbocycles. The van der Waals surface area contributed by atoms with Gasteiger partial charge in [0.05, 0.1) is 10.9 Å². The minimum absolute atomic E-state index is 0.00315. The molecule has 1 saturated heterocycles. The molecule has 3 atom stereocenters. The van der Waals surface area contributed by atoms with Crippen LogP contribution < -0.4 is 10.1 Å². The van der Waals surface area contributed by atoms with E-state index in [4.69, 9.17) is 4.74 Å². The van der Waals surface area contributed by atoms with E-state index in [1.165, 1.54) is 24.5 Å². The molecule has 2 aromatic rings. The second-order valence-corrected chi connectivity index (χ2v) is 9.95. The van der Waals surface area contributed by atoms with E-state index in [1.807, 2.05) is 0 Å². The maximum absolute atomic E-state index is 11.7. The molecule has 156 valence electrons. The zero-order valence-corrected chi connectivity index (χ0v) is 17.3. The molecule has 2 aromatic carbocycles. The summed E-state index contributed by atoms with van der Waals surface area (Å²) in [5.41, 5.74) is 1.56. The van der Waals surface area contributed by atoms with Gasteiger partial charge in [0.15, 0.2) is 9.84 Å². The van der Waals surface area contributed by atoms with E-state index in [0.29, 0.717) is 18.2 Å². The molecule has 0 spiro atoms. The molecule has 3 N–H and O–H groups in total. The Balaban J connectivity index is 1.67. The summed E-state index contributed by atoms with van der Waals surface area (Å²) >= 11 is 0. The average Bonchev–Trinajstić information content (AvgIpc) is 3.00. The third kappa shape index (κ3) is 4.05. The normalized spacial score (nSPS) is 25.0. The highest BCUT2D eigenvalue weighted by Crippen LogP contribution is 2.43. The third-order valence-electron chi connectivity index (χ3n) is 5.70. The van der Waals surface area contributed by atoms with Crippen molar-refractivity contribution in [3.8, 4) is 17.2 Å². The molecule has 0 radical (unpaired) electrons. The van der Waals surface area contributed by atoms with Crippen molar-refractivity contribution in [2.75, 3.05) is 25.9 Å². The highest BCUT2D eigenvalue weighted by atomic mass is 32.2. The van der Waals surface area contributed by atoms with Crippen LogP contribution in [0.4, 0.5) is 0 Å². The van der Waals surface area contributed by atoms with Crippen LogP contribution in [-0.4, -0.2) is 61.5 Å². The third-order valence-corrected chi connectivity index (χ3v) is 6.83. The molecule has 0 aromatic heterocycles. The Labute approximate surface area is 170 Å². The van der Waals surface area contributed by atoms with Gasteiger partial charge in [0, 0.05) is 49.1 Å². The summed E-state index contributed by atoms with van der Waals surface area (Å²) < 4.78 is 29.7. The number of ether oxygens (including phenoxy) is 1. The molecule has 4 rings (SSSR count). The maximum atomic E-state index is 11.7. The summed E-state index contributed by atoms with van der Waals surface area (Å²) in [6.07, 6.45) is 1.42. The zero-order chi connectivity index (χ0) is 20.8. The van der Waals surface area contributed by atoms with Crippen LogP contribution in [0.15, 0.2) is 41.3 Å². The summed E-state index contributed by atoms with van der Waals surface area (Å²) in [5, 5.41) is 23.8. The molecule has 1 heterocycles. The van der Waals surface area contributed by atoms with Crippen molar-refractivity contribution >= 4 is 9.84 Å². The molecular formula is C21H26N2O5S. The summed E-state index contributed by atoms with van der Waals surface area (Å²) in [5.74, 6) is 0.620.